The summed E-state index contributed by atoms with van der Waals surface area (Å²) in [6, 6.07) is 1.78. The van der Waals surface area contributed by atoms with Gasteiger partial charge in [0.05, 0.1) is 5.92 Å². The first-order valence-corrected chi connectivity index (χ1v) is 4.77. The molecular weight excluding hydrogens is 188 g/mol. The number of thiophene rings is 1. The minimum Gasteiger partial charge on any atom is -0.481 e. The molecule has 0 bridgehead atoms. The number of Topliss-reactive ketones (excluding diaryl/α,β-unsaturated/α-hetero) is 1. The SMILES string of the molecule is Cc1cc2c(s1)C(C(=O)O)CC2=O. The number of aryl methyl sites for hydroxylation is 1. The van der Waals surface area contributed by atoms with Crippen LogP contribution in [0.4, 0.5) is 0 Å². The molecule has 2 rings (SSSR count). The smallest absolute Gasteiger partial charge is 0.312 e. The second-order valence-corrected chi connectivity index (χ2v) is 4.44. The Morgan fingerprint density at radius 1 is 1.69 bits per heavy atom. The fourth-order valence-corrected chi connectivity index (χ4v) is 2.73. The number of hydrogen-bond acceptors (Lipinski definition) is 3. The van der Waals surface area contributed by atoms with Crippen molar-refractivity contribution in [3.05, 3.63) is 21.4 Å². The van der Waals surface area contributed by atoms with Gasteiger partial charge in [0.25, 0.3) is 0 Å². The molecule has 0 aromatic carbocycles. The van der Waals surface area contributed by atoms with Crippen molar-refractivity contribution in [2.24, 2.45) is 0 Å². The number of carbonyl (C=O) groups excluding carboxylic acids is 1. The van der Waals surface area contributed by atoms with Gasteiger partial charge in [0.15, 0.2) is 5.78 Å². The van der Waals surface area contributed by atoms with Gasteiger partial charge in [-0.05, 0) is 13.0 Å². The molecule has 0 spiro atoms. The average molecular weight is 196 g/mol. The molecule has 1 aromatic rings. The van der Waals surface area contributed by atoms with Crippen molar-refractivity contribution in [2.45, 2.75) is 19.3 Å². The molecule has 1 aromatic heterocycles. The van der Waals surface area contributed by atoms with Crippen molar-refractivity contribution in [2.75, 3.05) is 0 Å². The van der Waals surface area contributed by atoms with Crippen LogP contribution in [0.1, 0.15) is 32.5 Å². The number of carboxylic acid groups (broad SMARTS) is 1. The van der Waals surface area contributed by atoms with E-state index in [0.29, 0.717) is 5.56 Å². The van der Waals surface area contributed by atoms with E-state index < -0.39 is 11.9 Å². The van der Waals surface area contributed by atoms with E-state index in [1.54, 1.807) is 6.07 Å². The predicted octanol–water partition coefficient (Wildman–Crippen LogP) is 1.81. The number of rotatable bonds is 1. The monoisotopic (exact) mass is 196 g/mol. The molecule has 3 nitrogen and oxygen atoms in total. The Bertz CT molecular complexity index is 392. The molecule has 0 saturated heterocycles. The van der Waals surface area contributed by atoms with E-state index in [1.807, 2.05) is 6.92 Å². The van der Waals surface area contributed by atoms with Crippen molar-refractivity contribution < 1.29 is 14.7 Å². The van der Waals surface area contributed by atoms with Crippen molar-refractivity contribution >= 4 is 23.1 Å². The Labute approximate surface area is 79.0 Å². The summed E-state index contributed by atoms with van der Waals surface area (Å²) in [4.78, 5) is 23.8. The number of aliphatic carboxylic acids is 1. The maximum atomic E-state index is 11.3. The minimum atomic E-state index is -0.894. The first kappa shape index (κ1) is 8.44. The first-order chi connectivity index (χ1) is 6.09. The summed E-state index contributed by atoms with van der Waals surface area (Å²) in [6.07, 6.45) is 0.136. The van der Waals surface area contributed by atoms with Crippen LogP contribution in [0.5, 0.6) is 0 Å². The molecule has 1 aliphatic carbocycles. The highest BCUT2D eigenvalue weighted by atomic mass is 32.1. The molecular formula is C9H8O3S. The fraction of sp³-hybridized carbons (Fsp3) is 0.333. The maximum Gasteiger partial charge on any atom is 0.312 e. The highest BCUT2D eigenvalue weighted by Crippen LogP contribution is 2.38. The molecule has 1 aliphatic rings. The molecule has 68 valence electrons. The Morgan fingerprint density at radius 3 is 3.00 bits per heavy atom. The molecule has 0 saturated carbocycles. The van der Waals surface area contributed by atoms with E-state index in [1.165, 1.54) is 11.3 Å². The van der Waals surface area contributed by atoms with Crippen molar-refractivity contribution in [1.82, 2.24) is 0 Å². The van der Waals surface area contributed by atoms with E-state index in [4.69, 9.17) is 5.11 Å². The lowest BCUT2D eigenvalue weighted by atomic mass is 10.1. The normalized spacial score (nSPS) is 20.4. The zero-order valence-electron chi connectivity index (χ0n) is 7.03. The molecule has 0 aliphatic heterocycles. The molecule has 1 atom stereocenters. The minimum absolute atomic E-state index is 0.0354. The van der Waals surface area contributed by atoms with Crippen LogP contribution in [0.15, 0.2) is 6.07 Å². The molecule has 0 fully saturated rings. The van der Waals surface area contributed by atoms with Crippen LogP contribution in [0, 0.1) is 6.92 Å². The van der Waals surface area contributed by atoms with Gasteiger partial charge in [0.1, 0.15) is 0 Å². The third-order valence-electron chi connectivity index (χ3n) is 2.19. The van der Waals surface area contributed by atoms with E-state index in [-0.39, 0.29) is 12.2 Å². The molecule has 13 heavy (non-hydrogen) atoms. The second-order valence-electron chi connectivity index (χ2n) is 3.15. The average Bonchev–Trinajstić information content (AvgIpc) is 2.51. The standard InChI is InChI=1S/C9H8O3S/c1-4-2-5-7(10)3-6(9(11)12)8(5)13-4/h2,6H,3H2,1H3,(H,11,12). The van der Waals surface area contributed by atoms with Crippen LogP contribution >= 0.6 is 11.3 Å². The van der Waals surface area contributed by atoms with E-state index in [9.17, 15) is 9.59 Å². The molecule has 1 unspecified atom stereocenters. The number of hydrogen-bond donors (Lipinski definition) is 1. The van der Waals surface area contributed by atoms with Gasteiger partial charge >= 0.3 is 5.97 Å². The number of ketones is 1. The van der Waals surface area contributed by atoms with Gasteiger partial charge in [0.2, 0.25) is 0 Å². The third-order valence-corrected chi connectivity index (χ3v) is 3.35. The van der Waals surface area contributed by atoms with Gasteiger partial charge in [-0.15, -0.1) is 11.3 Å². The van der Waals surface area contributed by atoms with Crippen LogP contribution in [-0.4, -0.2) is 16.9 Å². The molecule has 4 heteroatoms. The summed E-state index contributed by atoms with van der Waals surface area (Å²) in [7, 11) is 0. The largest absolute Gasteiger partial charge is 0.481 e. The summed E-state index contributed by atoms with van der Waals surface area (Å²) in [5.74, 6) is -1.53. The van der Waals surface area contributed by atoms with Gasteiger partial charge in [-0.25, -0.2) is 0 Å². The van der Waals surface area contributed by atoms with Crippen molar-refractivity contribution in [3.8, 4) is 0 Å². The predicted molar refractivity (Wildman–Crippen MR) is 48.4 cm³/mol. The highest BCUT2D eigenvalue weighted by Gasteiger charge is 2.35. The Kier molecular flexibility index (Phi) is 1.73. The lowest BCUT2D eigenvalue weighted by Crippen LogP contribution is -2.07. The van der Waals surface area contributed by atoms with Crippen LogP contribution in [0.25, 0.3) is 0 Å². The second kappa shape index (κ2) is 2.67. The molecule has 0 radical (unpaired) electrons. The number of carbonyl (C=O) groups is 2. The van der Waals surface area contributed by atoms with E-state index in [0.717, 1.165) is 9.75 Å². The zero-order valence-corrected chi connectivity index (χ0v) is 7.85. The Hall–Kier alpha value is -1.16. The lowest BCUT2D eigenvalue weighted by Gasteiger charge is -1.99. The van der Waals surface area contributed by atoms with E-state index in [2.05, 4.69) is 0 Å². The van der Waals surface area contributed by atoms with E-state index >= 15 is 0 Å². The van der Waals surface area contributed by atoms with Gasteiger partial charge in [-0.1, -0.05) is 0 Å². The quantitative estimate of drug-likeness (QED) is 0.745. The number of carboxylic acids is 1. The highest BCUT2D eigenvalue weighted by molar-refractivity contribution is 7.12. The maximum absolute atomic E-state index is 11.3. The fourth-order valence-electron chi connectivity index (χ4n) is 1.60. The first-order valence-electron chi connectivity index (χ1n) is 3.96. The van der Waals surface area contributed by atoms with Crippen LogP contribution in [-0.2, 0) is 4.79 Å². The Morgan fingerprint density at radius 2 is 2.38 bits per heavy atom. The van der Waals surface area contributed by atoms with Crippen LogP contribution < -0.4 is 0 Å². The Balaban J connectivity index is 2.51. The van der Waals surface area contributed by atoms with Crippen molar-refractivity contribution in [3.63, 3.8) is 0 Å². The van der Waals surface area contributed by atoms with Gasteiger partial charge < -0.3 is 5.11 Å². The topological polar surface area (TPSA) is 54.4 Å². The molecule has 1 heterocycles. The summed E-state index contributed by atoms with van der Waals surface area (Å²) >= 11 is 1.42. The van der Waals surface area contributed by atoms with Crippen LogP contribution in [0.3, 0.4) is 0 Å². The number of fused-ring (bicyclic) bond motifs is 1. The third kappa shape index (κ3) is 1.18. The van der Waals surface area contributed by atoms with Crippen LogP contribution in [0.2, 0.25) is 0 Å². The van der Waals surface area contributed by atoms with Gasteiger partial charge in [-0.3, -0.25) is 9.59 Å². The van der Waals surface area contributed by atoms with Gasteiger partial charge in [0, 0.05) is 21.7 Å². The lowest BCUT2D eigenvalue weighted by molar-refractivity contribution is -0.138. The molecule has 0 amide bonds. The zero-order chi connectivity index (χ0) is 9.59. The summed E-state index contributed by atoms with van der Waals surface area (Å²) in [5.41, 5.74) is 0.620. The summed E-state index contributed by atoms with van der Waals surface area (Å²) in [5, 5.41) is 8.84. The summed E-state index contributed by atoms with van der Waals surface area (Å²) in [6.45, 7) is 1.88. The van der Waals surface area contributed by atoms with Crippen molar-refractivity contribution in [1.29, 1.82) is 0 Å². The van der Waals surface area contributed by atoms with Gasteiger partial charge in [-0.2, -0.15) is 0 Å². The molecule has 1 N–H and O–H groups in total. The summed E-state index contributed by atoms with van der Waals surface area (Å²) < 4.78 is 0.